The van der Waals surface area contributed by atoms with Crippen LogP contribution in [0.1, 0.15) is 46.8 Å². The highest BCUT2D eigenvalue weighted by atomic mass is 16.5. The van der Waals surface area contributed by atoms with Crippen molar-refractivity contribution in [3.8, 4) is 5.75 Å². The largest absolute Gasteiger partial charge is 0.508 e. The maximum absolute atomic E-state index is 12.1. The normalized spacial score (nSPS) is 23.5. The lowest BCUT2D eigenvalue weighted by molar-refractivity contribution is 0.0526. The van der Waals surface area contributed by atoms with E-state index in [1.54, 1.807) is 12.1 Å². The summed E-state index contributed by atoms with van der Waals surface area (Å²) >= 11 is 0. The number of hydrogen-bond donors (Lipinski definition) is 2. The minimum absolute atomic E-state index is 0.182. The van der Waals surface area contributed by atoms with E-state index in [4.69, 9.17) is 4.74 Å². The van der Waals surface area contributed by atoms with E-state index in [2.05, 4.69) is 17.5 Å². The summed E-state index contributed by atoms with van der Waals surface area (Å²) in [6.07, 6.45) is 5.45. The van der Waals surface area contributed by atoms with Crippen LogP contribution in [0.5, 0.6) is 5.75 Å². The standard InChI is InChI=1S/C21H21NO3/c1-2-25-21(24)14-8-11-19-18(12-14)16-4-3-5-17(16)20(22-19)13-6-9-15(23)10-7-13/h3-4,6-12,16-17,20,22-23H,2,5H2,1H3. The molecule has 2 N–H and O–H groups in total. The molecule has 0 amide bonds. The van der Waals surface area contributed by atoms with Gasteiger partial charge >= 0.3 is 5.97 Å². The number of aromatic hydroxyl groups is 1. The van der Waals surface area contributed by atoms with Gasteiger partial charge in [-0.25, -0.2) is 4.79 Å². The van der Waals surface area contributed by atoms with Crippen LogP contribution in [-0.2, 0) is 4.74 Å². The van der Waals surface area contributed by atoms with E-state index in [0.717, 1.165) is 23.2 Å². The van der Waals surface area contributed by atoms with E-state index in [9.17, 15) is 9.90 Å². The van der Waals surface area contributed by atoms with Crippen LogP contribution >= 0.6 is 0 Å². The Morgan fingerprint density at radius 3 is 2.80 bits per heavy atom. The molecule has 0 spiro atoms. The number of phenolic OH excluding ortho intramolecular Hbond substituents is 1. The van der Waals surface area contributed by atoms with Crippen molar-refractivity contribution in [2.45, 2.75) is 25.3 Å². The quantitative estimate of drug-likeness (QED) is 0.645. The number of carbonyl (C=O) groups is 1. The zero-order chi connectivity index (χ0) is 17.4. The summed E-state index contributed by atoms with van der Waals surface area (Å²) in [7, 11) is 0. The first-order valence-corrected chi connectivity index (χ1v) is 8.70. The third kappa shape index (κ3) is 2.78. The lowest BCUT2D eigenvalue weighted by atomic mass is 9.76. The van der Waals surface area contributed by atoms with E-state index >= 15 is 0 Å². The van der Waals surface area contributed by atoms with Gasteiger partial charge in [-0.05, 0) is 60.7 Å². The Bertz CT molecular complexity index is 826. The summed E-state index contributed by atoms with van der Waals surface area (Å²) in [6, 6.07) is 13.3. The maximum atomic E-state index is 12.1. The van der Waals surface area contributed by atoms with Gasteiger partial charge in [-0.15, -0.1) is 0 Å². The van der Waals surface area contributed by atoms with E-state index in [-0.39, 0.29) is 23.7 Å². The monoisotopic (exact) mass is 335 g/mol. The minimum Gasteiger partial charge on any atom is -0.508 e. The molecule has 0 saturated carbocycles. The molecule has 25 heavy (non-hydrogen) atoms. The van der Waals surface area contributed by atoms with Crippen LogP contribution in [0.2, 0.25) is 0 Å². The average Bonchev–Trinajstić information content (AvgIpc) is 3.11. The highest BCUT2D eigenvalue weighted by molar-refractivity contribution is 5.90. The van der Waals surface area contributed by atoms with E-state index in [0.29, 0.717) is 18.1 Å². The average molecular weight is 335 g/mol. The van der Waals surface area contributed by atoms with Crippen molar-refractivity contribution in [1.82, 2.24) is 0 Å². The molecule has 2 aromatic rings. The van der Waals surface area contributed by atoms with Crippen molar-refractivity contribution in [3.05, 3.63) is 71.3 Å². The van der Waals surface area contributed by atoms with Crippen molar-refractivity contribution >= 4 is 11.7 Å². The predicted molar refractivity (Wildman–Crippen MR) is 96.9 cm³/mol. The predicted octanol–water partition coefficient (Wildman–Crippen LogP) is 4.40. The molecule has 3 unspecified atom stereocenters. The molecule has 4 heteroatoms. The number of rotatable bonds is 3. The molecule has 1 heterocycles. The zero-order valence-corrected chi connectivity index (χ0v) is 14.1. The molecule has 2 aromatic carbocycles. The fourth-order valence-electron chi connectivity index (χ4n) is 3.95. The second-order valence-corrected chi connectivity index (χ2v) is 6.59. The molecule has 2 aliphatic rings. The Morgan fingerprint density at radius 1 is 1.24 bits per heavy atom. The number of ether oxygens (including phenoxy) is 1. The molecule has 128 valence electrons. The van der Waals surface area contributed by atoms with Gasteiger partial charge in [-0.2, -0.15) is 0 Å². The van der Waals surface area contributed by atoms with Crippen LogP contribution in [0.3, 0.4) is 0 Å². The summed E-state index contributed by atoms with van der Waals surface area (Å²) < 4.78 is 5.13. The Balaban J connectivity index is 1.71. The Morgan fingerprint density at radius 2 is 2.04 bits per heavy atom. The van der Waals surface area contributed by atoms with Crippen molar-refractivity contribution < 1.29 is 14.6 Å². The number of hydrogen-bond acceptors (Lipinski definition) is 4. The number of fused-ring (bicyclic) bond motifs is 3. The fourth-order valence-corrected chi connectivity index (χ4v) is 3.95. The molecule has 0 bridgehead atoms. The van der Waals surface area contributed by atoms with Crippen molar-refractivity contribution in [2.24, 2.45) is 5.92 Å². The smallest absolute Gasteiger partial charge is 0.338 e. The molecule has 0 fully saturated rings. The molecule has 1 aliphatic carbocycles. The Labute approximate surface area is 147 Å². The molecule has 0 saturated heterocycles. The van der Waals surface area contributed by atoms with Gasteiger partial charge in [0.2, 0.25) is 0 Å². The second-order valence-electron chi connectivity index (χ2n) is 6.59. The van der Waals surface area contributed by atoms with Gasteiger partial charge in [0.05, 0.1) is 18.2 Å². The molecular formula is C21H21NO3. The van der Waals surface area contributed by atoms with Gasteiger partial charge < -0.3 is 15.2 Å². The van der Waals surface area contributed by atoms with Crippen LogP contribution in [0.15, 0.2) is 54.6 Å². The van der Waals surface area contributed by atoms with E-state index in [1.807, 2.05) is 37.3 Å². The number of allylic oxidation sites excluding steroid dienone is 2. The van der Waals surface area contributed by atoms with Gasteiger partial charge in [-0.3, -0.25) is 0 Å². The number of nitrogens with one attached hydrogen (secondary N) is 1. The van der Waals surface area contributed by atoms with Crippen LogP contribution in [0.4, 0.5) is 5.69 Å². The SMILES string of the molecule is CCOC(=O)c1ccc2c(c1)C1C=CCC1C(c1ccc(O)cc1)N2. The summed E-state index contributed by atoms with van der Waals surface area (Å²) in [5.41, 5.74) is 3.97. The van der Waals surface area contributed by atoms with Gasteiger partial charge in [0, 0.05) is 11.6 Å². The van der Waals surface area contributed by atoms with Gasteiger partial charge in [0.1, 0.15) is 5.75 Å². The molecule has 0 radical (unpaired) electrons. The third-order valence-corrected chi connectivity index (χ3v) is 5.13. The molecular weight excluding hydrogens is 314 g/mol. The van der Waals surface area contributed by atoms with Crippen LogP contribution in [0.25, 0.3) is 0 Å². The number of phenols is 1. The summed E-state index contributed by atoms with van der Waals surface area (Å²) in [5, 5.41) is 13.2. The van der Waals surface area contributed by atoms with Gasteiger partial charge in [0.25, 0.3) is 0 Å². The maximum Gasteiger partial charge on any atom is 0.338 e. The minimum atomic E-state index is -0.274. The summed E-state index contributed by atoms with van der Waals surface area (Å²) in [4.78, 5) is 12.1. The van der Waals surface area contributed by atoms with E-state index < -0.39 is 0 Å². The van der Waals surface area contributed by atoms with E-state index in [1.165, 1.54) is 0 Å². The first-order valence-electron chi connectivity index (χ1n) is 8.70. The Kier molecular flexibility index (Phi) is 3.96. The second kappa shape index (κ2) is 6.28. The van der Waals surface area contributed by atoms with Crippen molar-refractivity contribution in [2.75, 3.05) is 11.9 Å². The summed E-state index contributed by atoms with van der Waals surface area (Å²) in [6.45, 7) is 2.19. The fraction of sp³-hybridized carbons (Fsp3) is 0.286. The van der Waals surface area contributed by atoms with Crippen molar-refractivity contribution in [3.63, 3.8) is 0 Å². The third-order valence-electron chi connectivity index (χ3n) is 5.13. The van der Waals surface area contributed by atoms with Crippen LogP contribution in [0, 0.1) is 5.92 Å². The lowest BCUT2D eigenvalue weighted by Crippen LogP contribution is -2.29. The Hall–Kier alpha value is -2.75. The number of esters is 1. The first kappa shape index (κ1) is 15.8. The topological polar surface area (TPSA) is 58.6 Å². The number of benzene rings is 2. The molecule has 0 aromatic heterocycles. The first-order chi connectivity index (χ1) is 12.2. The molecule has 1 aliphatic heterocycles. The highest BCUT2D eigenvalue weighted by Gasteiger charge is 2.38. The molecule has 4 nitrogen and oxygen atoms in total. The number of carbonyl (C=O) groups excluding carboxylic acids is 1. The lowest BCUT2D eigenvalue weighted by Gasteiger charge is -2.37. The van der Waals surface area contributed by atoms with Gasteiger partial charge in [-0.1, -0.05) is 24.3 Å². The molecule has 4 rings (SSSR count). The zero-order valence-electron chi connectivity index (χ0n) is 14.1. The van der Waals surface area contributed by atoms with Crippen LogP contribution in [-0.4, -0.2) is 17.7 Å². The van der Waals surface area contributed by atoms with Crippen molar-refractivity contribution in [1.29, 1.82) is 0 Å². The highest BCUT2D eigenvalue weighted by Crippen LogP contribution is 2.50. The van der Waals surface area contributed by atoms with Crippen LogP contribution < -0.4 is 5.32 Å². The summed E-state index contributed by atoms with van der Waals surface area (Å²) in [5.74, 6) is 0.684. The number of anilines is 1. The van der Waals surface area contributed by atoms with Gasteiger partial charge in [0.15, 0.2) is 0 Å². The molecule has 3 atom stereocenters.